The van der Waals surface area contributed by atoms with Crippen molar-refractivity contribution in [3.05, 3.63) is 58.0 Å². The number of carbonyl (C=O) groups is 1. The number of aromatic nitrogens is 2. The summed E-state index contributed by atoms with van der Waals surface area (Å²) in [6.07, 6.45) is 2.31. The summed E-state index contributed by atoms with van der Waals surface area (Å²) in [6.45, 7) is 0. The molecule has 0 saturated carbocycles. The number of nitrogens with zero attached hydrogens (tertiary/aromatic N) is 3. The topological polar surface area (TPSA) is 56.5 Å². The highest BCUT2D eigenvalue weighted by Gasteiger charge is 2.34. The smallest absolute Gasteiger partial charge is 0.364 e. The van der Waals surface area contributed by atoms with E-state index in [4.69, 9.17) is 16.3 Å². The lowest BCUT2D eigenvalue weighted by Gasteiger charge is -2.24. The van der Waals surface area contributed by atoms with Crippen LogP contribution in [0.25, 0.3) is 5.57 Å². The van der Waals surface area contributed by atoms with Gasteiger partial charge in [-0.25, -0.2) is 9.79 Å². The fourth-order valence-corrected chi connectivity index (χ4v) is 2.93. The average Bonchev–Trinajstić information content (AvgIpc) is 2.98. The number of aliphatic imine (C=N–C) groups is 1. The van der Waals surface area contributed by atoms with Crippen molar-refractivity contribution in [3.63, 3.8) is 0 Å². The molecule has 0 fully saturated rings. The molecular formula is C15H10ClN3O2. The Morgan fingerprint density at radius 2 is 2.19 bits per heavy atom. The molecular weight excluding hydrogens is 290 g/mol. The number of carbonyl (C=O) groups excluding carboxylic acids is 1. The lowest BCUT2D eigenvalue weighted by atomic mass is 9.81. The molecule has 104 valence electrons. The second-order valence-electron chi connectivity index (χ2n) is 4.92. The molecule has 21 heavy (non-hydrogen) atoms. The molecule has 6 heteroatoms. The molecule has 0 bridgehead atoms. The normalized spacial score (nSPS) is 19.9. The van der Waals surface area contributed by atoms with E-state index in [1.165, 1.54) is 0 Å². The third-order valence-corrected chi connectivity index (χ3v) is 4.01. The van der Waals surface area contributed by atoms with Crippen molar-refractivity contribution in [3.8, 4) is 0 Å². The molecule has 0 saturated heterocycles. The van der Waals surface area contributed by atoms with Crippen LogP contribution in [0.1, 0.15) is 16.8 Å². The first kappa shape index (κ1) is 12.3. The fourth-order valence-electron chi connectivity index (χ4n) is 2.62. The van der Waals surface area contributed by atoms with E-state index in [0.717, 1.165) is 16.7 Å². The lowest BCUT2D eigenvalue weighted by Crippen LogP contribution is -2.13. The van der Waals surface area contributed by atoms with Crippen molar-refractivity contribution in [2.45, 2.75) is 6.42 Å². The number of hydrogen-bond acceptors (Lipinski definition) is 4. The fraction of sp³-hybridized carbons (Fsp3) is 0.133. The van der Waals surface area contributed by atoms with Gasteiger partial charge in [0.25, 0.3) is 0 Å². The van der Waals surface area contributed by atoms with Crippen LogP contribution < -0.4 is 0 Å². The minimum Gasteiger partial charge on any atom is -0.400 e. The van der Waals surface area contributed by atoms with Gasteiger partial charge in [-0.2, -0.15) is 5.10 Å². The van der Waals surface area contributed by atoms with Crippen LogP contribution in [-0.2, 0) is 23.0 Å². The number of rotatable bonds is 1. The van der Waals surface area contributed by atoms with Gasteiger partial charge >= 0.3 is 5.97 Å². The number of aryl methyl sites for hydroxylation is 1. The van der Waals surface area contributed by atoms with E-state index in [1.54, 1.807) is 24.0 Å². The summed E-state index contributed by atoms with van der Waals surface area (Å²) in [7, 11) is 1.77. The zero-order valence-corrected chi connectivity index (χ0v) is 11.9. The van der Waals surface area contributed by atoms with E-state index in [-0.39, 0.29) is 5.90 Å². The molecule has 0 N–H and O–H groups in total. The summed E-state index contributed by atoms with van der Waals surface area (Å²) < 4.78 is 6.87. The Morgan fingerprint density at radius 1 is 1.33 bits per heavy atom. The van der Waals surface area contributed by atoms with Crippen molar-refractivity contribution >= 4 is 29.0 Å². The second kappa shape index (κ2) is 4.30. The SMILES string of the molecule is Cn1nccc1C1=NC(=C2Cc3cccc(Cl)c32)C(=O)O1. The van der Waals surface area contributed by atoms with Crippen LogP contribution in [-0.4, -0.2) is 21.6 Å². The Balaban J connectivity index is 1.82. The van der Waals surface area contributed by atoms with E-state index in [0.29, 0.717) is 22.8 Å². The summed E-state index contributed by atoms with van der Waals surface area (Å²) in [6, 6.07) is 7.46. The summed E-state index contributed by atoms with van der Waals surface area (Å²) in [5.41, 5.74) is 3.88. The Morgan fingerprint density at radius 3 is 2.90 bits per heavy atom. The van der Waals surface area contributed by atoms with Crippen LogP contribution in [0.4, 0.5) is 0 Å². The van der Waals surface area contributed by atoms with Gasteiger partial charge in [-0.3, -0.25) is 4.68 Å². The Kier molecular flexibility index (Phi) is 2.53. The molecule has 1 aliphatic carbocycles. The van der Waals surface area contributed by atoms with Crippen molar-refractivity contribution in [2.75, 3.05) is 0 Å². The first-order valence-electron chi connectivity index (χ1n) is 6.45. The van der Waals surface area contributed by atoms with Gasteiger partial charge in [0.05, 0.1) is 0 Å². The van der Waals surface area contributed by atoms with Gasteiger partial charge in [0.1, 0.15) is 5.69 Å². The van der Waals surface area contributed by atoms with Crippen molar-refractivity contribution < 1.29 is 9.53 Å². The van der Waals surface area contributed by atoms with Crippen LogP contribution in [0, 0.1) is 0 Å². The highest BCUT2D eigenvalue weighted by Crippen LogP contribution is 2.42. The van der Waals surface area contributed by atoms with E-state index in [1.807, 2.05) is 18.2 Å². The van der Waals surface area contributed by atoms with Gasteiger partial charge in [-0.15, -0.1) is 0 Å². The number of benzene rings is 1. The zero-order valence-electron chi connectivity index (χ0n) is 11.1. The first-order valence-corrected chi connectivity index (χ1v) is 6.83. The standard InChI is InChI=1S/C15H10ClN3O2/c1-19-11(5-6-17-19)14-18-13(15(20)21-14)9-7-8-3-2-4-10(16)12(8)9/h2-6H,7H2,1H3. The Bertz CT molecular complexity index is 834. The predicted octanol–water partition coefficient (Wildman–Crippen LogP) is 2.34. The van der Waals surface area contributed by atoms with E-state index >= 15 is 0 Å². The molecule has 0 unspecified atom stereocenters. The highest BCUT2D eigenvalue weighted by atomic mass is 35.5. The molecule has 2 heterocycles. The third-order valence-electron chi connectivity index (χ3n) is 3.69. The summed E-state index contributed by atoms with van der Waals surface area (Å²) in [4.78, 5) is 16.4. The van der Waals surface area contributed by atoms with Gasteiger partial charge < -0.3 is 4.74 Å². The number of allylic oxidation sites excluding steroid dienone is 1. The molecule has 0 atom stereocenters. The number of ether oxygens (including phenoxy) is 1. The average molecular weight is 300 g/mol. The number of halogens is 1. The molecule has 4 rings (SSSR count). The molecule has 2 aliphatic rings. The maximum atomic E-state index is 12.1. The van der Waals surface area contributed by atoms with E-state index in [9.17, 15) is 4.79 Å². The van der Waals surface area contributed by atoms with Crippen LogP contribution in [0.3, 0.4) is 0 Å². The van der Waals surface area contributed by atoms with Gasteiger partial charge in [0.15, 0.2) is 5.70 Å². The van der Waals surface area contributed by atoms with Gasteiger partial charge in [0.2, 0.25) is 5.90 Å². The van der Waals surface area contributed by atoms with Crippen molar-refractivity contribution in [1.82, 2.24) is 9.78 Å². The second-order valence-corrected chi connectivity index (χ2v) is 5.33. The lowest BCUT2D eigenvalue weighted by molar-refractivity contribution is -0.130. The minimum absolute atomic E-state index is 0.281. The van der Waals surface area contributed by atoms with Crippen LogP contribution in [0.2, 0.25) is 5.02 Å². The number of fused-ring (bicyclic) bond motifs is 1. The van der Waals surface area contributed by atoms with Gasteiger partial charge in [-0.05, 0) is 23.3 Å². The number of hydrogen-bond donors (Lipinski definition) is 0. The Labute approximate surface area is 125 Å². The molecule has 0 radical (unpaired) electrons. The number of esters is 1. The maximum absolute atomic E-state index is 12.1. The largest absolute Gasteiger partial charge is 0.400 e. The molecule has 1 aromatic heterocycles. The Hall–Kier alpha value is -2.40. The van der Waals surface area contributed by atoms with Crippen LogP contribution >= 0.6 is 11.6 Å². The molecule has 1 aliphatic heterocycles. The summed E-state index contributed by atoms with van der Waals surface area (Å²) in [5, 5.41) is 4.68. The predicted molar refractivity (Wildman–Crippen MR) is 77.9 cm³/mol. The van der Waals surface area contributed by atoms with E-state index < -0.39 is 5.97 Å². The van der Waals surface area contributed by atoms with Crippen molar-refractivity contribution in [2.24, 2.45) is 12.0 Å². The van der Waals surface area contributed by atoms with Gasteiger partial charge in [0, 0.05) is 30.3 Å². The summed E-state index contributed by atoms with van der Waals surface area (Å²) in [5.74, 6) is -0.158. The van der Waals surface area contributed by atoms with Crippen LogP contribution in [0.15, 0.2) is 41.2 Å². The van der Waals surface area contributed by atoms with Gasteiger partial charge in [-0.1, -0.05) is 23.7 Å². The summed E-state index contributed by atoms with van der Waals surface area (Å²) >= 11 is 6.20. The molecule has 5 nitrogen and oxygen atoms in total. The third kappa shape index (κ3) is 1.74. The quantitative estimate of drug-likeness (QED) is 0.600. The highest BCUT2D eigenvalue weighted by molar-refractivity contribution is 6.33. The zero-order chi connectivity index (χ0) is 14.6. The van der Waals surface area contributed by atoms with Crippen molar-refractivity contribution in [1.29, 1.82) is 0 Å². The number of cyclic esters (lactones) is 1. The molecule has 0 amide bonds. The maximum Gasteiger partial charge on any atom is 0.364 e. The van der Waals surface area contributed by atoms with E-state index in [2.05, 4.69) is 10.1 Å². The monoisotopic (exact) mass is 299 g/mol. The molecule has 1 aromatic carbocycles. The molecule has 0 spiro atoms. The minimum atomic E-state index is -0.438. The molecule has 2 aromatic rings. The van der Waals surface area contributed by atoms with Crippen LogP contribution in [0.5, 0.6) is 0 Å². The first-order chi connectivity index (χ1) is 10.1.